The minimum Gasteiger partial charge on any atom is -0.496 e. The van der Waals surface area contributed by atoms with Crippen molar-refractivity contribution in [3.63, 3.8) is 0 Å². The zero-order valence-corrected chi connectivity index (χ0v) is 20.6. The molecular formula is C25H27F3N8O2. The Kier molecular flexibility index (Phi) is 6.80. The third-order valence-electron chi connectivity index (χ3n) is 6.90. The van der Waals surface area contributed by atoms with Gasteiger partial charge in [0.25, 0.3) is 6.43 Å². The zero-order chi connectivity index (χ0) is 27.0. The van der Waals surface area contributed by atoms with Gasteiger partial charge in [0.15, 0.2) is 11.5 Å². The number of ether oxygens (including phenoxy) is 1. The first-order valence-corrected chi connectivity index (χ1v) is 11.9. The van der Waals surface area contributed by atoms with Gasteiger partial charge in [-0.15, -0.1) is 0 Å². The fourth-order valence-electron chi connectivity index (χ4n) is 4.93. The second-order valence-electron chi connectivity index (χ2n) is 9.38. The fourth-order valence-corrected chi connectivity index (χ4v) is 4.93. The number of aliphatic hydroxyl groups excluding tert-OH is 1. The van der Waals surface area contributed by atoms with Crippen LogP contribution in [0.25, 0.3) is 22.4 Å². The van der Waals surface area contributed by atoms with Gasteiger partial charge in [-0.05, 0) is 36.6 Å². The molecule has 0 spiro atoms. The SMILES string of the molecule is COc1cc(F)ccc1-c1cc(Cn2cnc3c(N)ncnc32)c(N2CCCC(N)([C@H](O)C(F)F)C2)cn1. The Bertz CT molecular complexity index is 1470. The normalized spacial score (nSPS) is 18.8. The summed E-state index contributed by atoms with van der Waals surface area (Å²) in [4.78, 5) is 19.0. The van der Waals surface area contributed by atoms with Crippen LogP contribution in [-0.4, -0.2) is 67.9 Å². The largest absolute Gasteiger partial charge is 0.496 e. The van der Waals surface area contributed by atoms with Gasteiger partial charge in [-0.25, -0.2) is 28.1 Å². The number of nitrogen functional groups attached to an aromatic ring is 1. The van der Waals surface area contributed by atoms with Crippen LogP contribution in [0.15, 0.2) is 43.1 Å². The molecule has 4 aromatic rings. The Hall–Kier alpha value is -3.97. The predicted molar refractivity (Wildman–Crippen MR) is 135 cm³/mol. The van der Waals surface area contributed by atoms with Gasteiger partial charge in [-0.3, -0.25) is 4.98 Å². The van der Waals surface area contributed by atoms with Gasteiger partial charge in [0.1, 0.15) is 29.5 Å². The van der Waals surface area contributed by atoms with E-state index in [0.29, 0.717) is 46.8 Å². The number of benzene rings is 1. The molecule has 1 fully saturated rings. The van der Waals surface area contributed by atoms with E-state index in [4.69, 9.17) is 16.2 Å². The molecule has 0 amide bonds. The Morgan fingerprint density at radius 3 is 2.76 bits per heavy atom. The maximum atomic E-state index is 13.8. The van der Waals surface area contributed by atoms with Gasteiger partial charge < -0.3 is 30.8 Å². The van der Waals surface area contributed by atoms with Gasteiger partial charge in [0.05, 0.1) is 43.1 Å². The third-order valence-corrected chi connectivity index (χ3v) is 6.90. The number of aliphatic hydroxyl groups is 1. The first-order valence-electron chi connectivity index (χ1n) is 11.9. The molecule has 38 heavy (non-hydrogen) atoms. The summed E-state index contributed by atoms with van der Waals surface area (Å²) < 4.78 is 47.8. The maximum absolute atomic E-state index is 13.8. The molecule has 200 valence electrons. The van der Waals surface area contributed by atoms with Crippen LogP contribution in [-0.2, 0) is 6.54 Å². The van der Waals surface area contributed by atoms with Crippen molar-refractivity contribution >= 4 is 22.7 Å². The summed E-state index contributed by atoms with van der Waals surface area (Å²) in [6.45, 7) is 0.807. The summed E-state index contributed by atoms with van der Waals surface area (Å²) in [5.41, 5.74) is 14.2. The van der Waals surface area contributed by atoms with E-state index in [9.17, 15) is 18.3 Å². The number of halogens is 3. The van der Waals surface area contributed by atoms with Gasteiger partial charge in [-0.1, -0.05) is 0 Å². The van der Waals surface area contributed by atoms with Crippen molar-refractivity contribution in [2.45, 2.75) is 37.5 Å². The van der Waals surface area contributed by atoms with Crippen LogP contribution < -0.4 is 21.1 Å². The highest BCUT2D eigenvalue weighted by Gasteiger charge is 2.43. The van der Waals surface area contributed by atoms with Crippen molar-refractivity contribution in [2.24, 2.45) is 5.73 Å². The number of methoxy groups -OCH3 is 1. The number of anilines is 2. The molecule has 1 saturated heterocycles. The predicted octanol–water partition coefficient (Wildman–Crippen LogP) is 2.59. The fraction of sp³-hybridized carbons (Fsp3) is 0.360. The number of rotatable bonds is 7. The second kappa shape index (κ2) is 10.1. The molecule has 0 aliphatic carbocycles. The highest BCUT2D eigenvalue weighted by molar-refractivity contribution is 5.81. The lowest BCUT2D eigenvalue weighted by atomic mass is 9.84. The van der Waals surface area contributed by atoms with Crippen molar-refractivity contribution in [3.05, 3.63) is 54.5 Å². The molecule has 0 bridgehead atoms. The van der Waals surface area contributed by atoms with E-state index >= 15 is 0 Å². The van der Waals surface area contributed by atoms with E-state index in [1.54, 1.807) is 23.2 Å². The van der Waals surface area contributed by atoms with E-state index in [1.807, 2.05) is 11.0 Å². The molecule has 10 nitrogen and oxygen atoms in total. The number of piperidine rings is 1. The van der Waals surface area contributed by atoms with Gasteiger partial charge >= 0.3 is 0 Å². The van der Waals surface area contributed by atoms with E-state index in [-0.39, 0.29) is 25.3 Å². The standard InChI is InChI=1S/C25H27F3N8O2/c1-38-19-8-15(26)3-4-16(19)17-7-14(10-36-13-34-20-23(29)32-12-33-24(20)36)18(9-31-17)35-6-2-5-25(30,11-35)21(37)22(27)28/h3-4,7-9,12-13,21-22,37H,2,5-6,10-11,30H2,1H3,(H2,29,32,33)/t21-,25?/m1/s1. The Balaban J connectivity index is 1.59. The highest BCUT2D eigenvalue weighted by atomic mass is 19.3. The van der Waals surface area contributed by atoms with Crippen LogP contribution in [0.1, 0.15) is 18.4 Å². The molecule has 5 N–H and O–H groups in total. The van der Waals surface area contributed by atoms with E-state index < -0.39 is 23.9 Å². The molecule has 0 saturated carbocycles. The van der Waals surface area contributed by atoms with Crippen LogP contribution >= 0.6 is 0 Å². The summed E-state index contributed by atoms with van der Waals surface area (Å²) in [6.07, 6.45) is 0.376. The summed E-state index contributed by atoms with van der Waals surface area (Å²) in [5, 5.41) is 10.2. The van der Waals surface area contributed by atoms with Crippen LogP contribution in [0, 0.1) is 5.82 Å². The third kappa shape index (κ3) is 4.70. The minimum absolute atomic E-state index is 0.00615. The number of nitrogens with two attached hydrogens (primary N) is 2. The molecule has 1 aromatic carbocycles. The molecule has 1 aliphatic rings. The lowest BCUT2D eigenvalue weighted by Crippen LogP contribution is -2.63. The average molecular weight is 529 g/mol. The Morgan fingerprint density at radius 2 is 2.00 bits per heavy atom. The summed E-state index contributed by atoms with van der Waals surface area (Å²) in [6, 6.07) is 5.98. The molecule has 5 rings (SSSR count). The topological polar surface area (TPSA) is 141 Å². The number of fused-ring (bicyclic) bond motifs is 1. The van der Waals surface area contributed by atoms with Gasteiger partial charge in [0, 0.05) is 24.7 Å². The molecular weight excluding hydrogens is 501 g/mol. The molecule has 1 unspecified atom stereocenters. The van der Waals surface area contributed by atoms with E-state index in [2.05, 4.69) is 19.9 Å². The van der Waals surface area contributed by atoms with Gasteiger partial charge in [-0.2, -0.15) is 0 Å². The molecule has 1 aliphatic heterocycles. The average Bonchev–Trinajstić information content (AvgIpc) is 3.32. The van der Waals surface area contributed by atoms with Crippen molar-refractivity contribution in [1.82, 2.24) is 24.5 Å². The summed E-state index contributed by atoms with van der Waals surface area (Å²) in [7, 11) is 1.44. The van der Waals surface area contributed by atoms with Crippen LogP contribution in [0.4, 0.5) is 24.7 Å². The maximum Gasteiger partial charge on any atom is 0.265 e. The number of aromatic nitrogens is 5. The van der Waals surface area contributed by atoms with Gasteiger partial charge in [0.2, 0.25) is 0 Å². The van der Waals surface area contributed by atoms with Crippen molar-refractivity contribution < 1.29 is 23.0 Å². The number of hydrogen-bond donors (Lipinski definition) is 3. The van der Waals surface area contributed by atoms with Crippen molar-refractivity contribution in [3.8, 4) is 17.0 Å². The first-order chi connectivity index (χ1) is 18.2. The molecule has 4 heterocycles. The number of alkyl halides is 2. The zero-order valence-electron chi connectivity index (χ0n) is 20.6. The number of nitrogens with zero attached hydrogens (tertiary/aromatic N) is 6. The summed E-state index contributed by atoms with van der Waals surface area (Å²) in [5.74, 6) is 0.101. The van der Waals surface area contributed by atoms with E-state index in [0.717, 1.165) is 5.56 Å². The van der Waals surface area contributed by atoms with Crippen molar-refractivity contribution in [2.75, 3.05) is 30.8 Å². The smallest absolute Gasteiger partial charge is 0.265 e. The quantitative estimate of drug-likeness (QED) is 0.330. The number of pyridine rings is 1. The molecule has 3 aromatic heterocycles. The number of hydrogen-bond acceptors (Lipinski definition) is 9. The molecule has 13 heteroatoms. The number of imidazole rings is 1. The van der Waals surface area contributed by atoms with Crippen LogP contribution in [0.5, 0.6) is 5.75 Å². The lowest BCUT2D eigenvalue weighted by Gasteiger charge is -2.44. The Labute approximate surface area is 216 Å². The monoisotopic (exact) mass is 528 g/mol. The van der Waals surface area contributed by atoms with E-state index in [1.165, 1.54) is 25.6 Å². The molecule has 2 atom stereocenters. The van der Waals surface area contributed by atoms with Crippen LogP contribution in [0.2, 0.25) is 0 Å². The van der Waals surface area contributed by atoms with Crippen molar-refractivity contribution in [1.29, 1.82) is 0 Å². The lowest BCUT2D eigenvalue weighted by molar-refractivity contribution is -0.0529. The second-order valence-corrected chi connectivity index (χ2v) is 9.38. The van der Waals surface area contributed by atoms with Crippen LogP contribution in [0.3, 0.4) is 0 Å². The first kappa shape index (κ1) is 25.7. The highest BCUT2D eigenvalue weighted by Crippen LogP contribution is 2.35. The summed E-state index contributed by atoms with van der Waals surface area (Å²) >= 11 is 0. The Morgan fingerprint density at radius 1 is 1.18 bits per heavy atom. The molecule has 0 radical (unpaired) electrons. The minimum atomic E-state index is -2.96.